The van der Waals surface area contributed by atoms with Crippen LogP contribution >= 0.6 is 34.9 Å². The third-order valence-electron chi connectivity index (χ3n) is 2.54. The minimum absolute atomic E-state index is 0.0147. The van der Waals surface area contributed by atoms with Crippen LogP contribution in [0.4, 0.5) is 0 Å². The van der Waals surface area contributed by atoms with Crippen LogP contribution in [0.2, 0.25) is 0 Å². The van der Waals surface area contributed by atoms with Crippen LogP contribution < -0.4 is 10.6 Å². The van der Waals surface area contributed by atoms with Gasteiger partial charge < -0.3 is 10.6 Å². The molecule has 0 saturated carbocycles. The first-order valence-electron chi connectivity index (χ1n) is 7.46. The lowest BCUT2D eigenvalue weighted by Gasteiger charge is -2.12. The predicted octanol–water partition coefficient (Wildman–Crippen LogP) is 2.55. The normalized spacial score (nSPS) is 13.9. The zero-order valence-corrected chi connectivity index (χ0v) is 16.7. The molecular weight excluding hydrogens is 352 g/mol. The Kier molecular flexibility index (Phi) is 8.35. The van der Waals surface area contributed by atoms with Gasteiger partial charge in [0, 0.05) is 12.1 Å². The highest BCUT2D eigenvalue weighted by Crippen LogP contribution is 2.33. The van der Waals surface area contributed by atoms with Crippen LogP contribution in [0.25, 0.3) is 0 Å². The maximum absolute atomic E-state index is 11.9. The standard InChI is InChI=1S/C14H24N4O2S3/c1-7(2)15-11(19)9(5)21-13-17-18-14(23-13)22-10(6)12(20)16-8(3)4/h7-10H,1-6H3,(H,15,19)(H,16,20). The van der Waals surface area contributed by atoms with E-state index >= 15 is 0 Å². The van der Waals surface area contributed by atoms with Gasteiger partial charge in [0.05, 0.1) is 10.5 Å². The Morgan fingerprint density at radius 3 is 1.48 bits per heavy atom. The maximum atomic E-state index is 11.9. The van der Waals surface area contributed by atoms with Gasteiger partial charge in [0.25, 0.3) is 0 Å². The smallest absolute Gasteiger partial charge is 0.233 e. The molecule has 2 N–H and O–H groups in total. The van der Waals surface area contributed by atoms with Crippen molar-refractivity contribution in [1.29, 1.82) is 0 Å². The third-order valence-corrected chi connectivity index (χ3v) is 5.84. The molecule has 2 unspecified atom stereocenters. The molecule has 130 valence electrons. The van der Waals surface area contributed by atoms with Crippen LogP contribution in [0.1, 0.15) is 41.5 Å². The summed E-state index contributed by atoms with van der Waals surface area (Å²) in [6.45, 7) is 11.4. The molecule has 0 aliphatic heterocycles. The number of nitrogens with one attached hydrogen (secondary N) is 2. The largest absolute Gasteiger partial charge is 0.353 e. The monoisotopic (exact) mass is 376 g/mol. The van der Waals surface area contributed by atoms with Gasteiger partial charge >= 0.3 is 0 Å². The van der Waals surface area contributed by atoms with Crippen molar-refractivity contribution in [1.82, 2.24) is 20.8 Å². The Bertz CT molecular complexity index is 489. The minimum Gasteiger partial charge on any atom is -0.353 e. The Balaban J connectivity index is 2.54. The molecule has 0 saturated heterocycles. The van der Waals surface area contributed by atoms with E-state index in [2.05, 4.69) is 20.8 Å². The number of carbonyl (C=O) groups excluding carboxylic acids is 2. The average Bonchev–Trinajstić information content (AvgIpc) is 2.84. The van der Waals surface area contributed by atoms with Crippen molar-refractivity contribution >= 4 is 46.7 Å². The van der Waals surface area contributed by atoms with E-state index in [0.29, 0.717) is 0 Å². The highest BCUT2D eigenvalue weighted by atomic mass is 32.2. The maximum Gasteiger partial charge on any atom is 0.233 e. The first-order valence-corrected chi connectivity index (χ1v) is 10.0. The van der Waals surface area contributed by atoms with Crippen LogP contribution in [0.5, 0.6) is 0 Å². The first-order chi connectivity index (χ1) is 10.7. The Morgan fingerprint density at radius 2 is 1.17 bits per heavy atom. The summed E-state index contributed by atoms with van der Waals surface area (Å²) in [4.78, 5) is 23.8. The molecule has 6 nitrogen and oxygen atoms in total. The van der Waals surface area contributed by atoms with Crippen molar-refractivity contribution in [3.63, 3.8) is 0 Å². The fourth-order valence-electron chi connectivity index (χ4n) is 1.51. The van der Waals surface area contributed by atoms with Crippen LogP contribution in [-0.2, 0) is 9.59 Å². The second-order valence-electron chi connectivity index (χ2n) is 5.68. The number of thioether (sulfide) groups is 2. The highest BCUT2D eigenvalue weighted by molar-refractivity contribution is 8.04. The van der Waals surface area contributed by atoms with E-state index in [4.69, 9.17) is 0 Å². The number of hydrogen-bond donors (Lipinski definition) is 2. The SMILES string of the molecule is CC(C)NC(=O)C(C)Sc1nnc(SC(C)C(=O)NC(C)C)s1. The summed E-state index contributed by atoms with van der Waals surface area (Å²) in [5.41, 5.74) is 0. The van der Waals surface area contributed by atoms with E-state index in [1.807, 2.05) is 41.5 Å². The molecule has 0 spiro atoms. The van der Waals surface area contributed by atoms with Crippen LogP contribution in [0, 0.1) is 0 Å². The Hall–Kier alpha value is -0.800. The lowest BCUT2D eigenvalue weighted by molar-refractivity contribution is -0.121. The fraction of sp³-hybridized carbons (Fsp3) is 0.714. The van der Waals surface area contributed by atoms with Crippen LogP contribution in [0.3, 0.4) is 0 Å². The number of hydrogen-bond acceptors (Lipinski definition) is 7. The van der Waals surface area contributed by atoms with Gasteiger partial charge in [-0.15, -0.1) is 10.2 Å². The van der Waals surface area contributed by atoms with Crippen molar-refractivity contribution in [2.45, 2.75) is 72.8 Å². The molecule has 2 amide bonds. The molecule has 1 rings (SSSR count). The molecule has 0 radical (unpaired) electrons. The molecule has 1 aromatic heterocycles. The second-order valence-corrected chi connectivity index (χ2v) is 9.83. The van der Waals surface area contributed by atoms with Crippen molar-refractivity contribution in [2.24, 2.45) is 0 Å². The zero-order valence-electron chi connectivity index (χ0n) is 14.2. The van der Waals surface area contributed by atoms with Crippen LogP contribution in [-0.4, -0.2) is 44.6 Å². The quantitative estimate of drug-likeness (QED) is 0.678. The van der Waals surface area contributed by atoms with E-state index in [-0.39, 0.29) is 34.4 Å². The summed E-state index contributed by atoms with van der Waals surface area (Å²) in [5.74, 6) is -0.0295. The van der Waals surface area contributed by atoms with Crippen molar-refractivity contribution < 1.29 is 9.59 Å². The zero-order chi connectivity index (χ0) is 17.6. The Labute approximate surface area is 150 Å². The summed E-state index contributed by atoms with van der Waals surface area (Å²) in [5, 5.41) is 13.5. The van der Waals surface area contributed by atoms with Gasteiger partial charge in [0.15, 0.2) is 8.68 Å². The molecule has 0 fully saturated rings. The van der Waals surface area contributed by atoms with E-state index in [9.17, 15) is 9.59 Å². The molecule has 0 aliphatic rings. The van der Waals surface area contributed by atoms with E-state index in [0.717, 1.165) is 8.68 Å². The van der Waals surface area contributed by atoms with Gasteiger partial charge in [-0.3, -0.25) is 9.59 Å². The predicted molar refractivity (Wildman–Crippen MR) is 97.1 cm³/mol. The summed E-state index contributed by atoms with van der Waals surface area (Å²) in [6, 6.07) is 0.234. The summed E-state index contributed by atoms with van der Waals surface area (Å²) < 4.78 is 1.46. The van der Waals surface area contributed by atoms with Crippen LogP contribution in [0.15, 0.2) is 8.68 Å². The molecule has 0 aromatic carbocycles. The molecule has 9 heteroatoms. The molecule has 2 atom stereocenters. The highest BCUT2D eigenvalue weighted by Gasteiger charge is 2.20. The number of carbonyl (C=O) groups is 2. The second kappa shape index (κ2) is 9.48. The van der Waals surface area contributed by atoms with Gasteiger partial charge in [-0.05, 0) is 41.5 Å². The van der Waals surface area contributed by atoms with Gasteiger partial charge in [-0.1, -0.05) is 34.9 Å². The van der Waals surface area contributed by atoms with Gasteiger partial charge in [0.2, 0.25) is 11.8 Å². The lowest BCUT2D eigenvalue weighted by atomic mass is 10.3. The average molecular weight is 377 g/mol. The summed E-state index contributed by atoms with van der Waals surface area (Å²) in [7, 11) is 0. The van der Waals surface area contributed by atoms with Gasteiger partial charge in [-0.25, -0.2) is 0 Å². The third kappa shape index (κ3) is 7.54. The van der Waals surface area contributed by atoms with E-state index < -0.39 is 0 Å². The van der Waals surface area contributed by atoms with Gasteiger partial charge in [-0.2, -0.15) is 0 Å². The molecular formula is C14H24N4O2S3. The van der Waals surface area contributed by atoms with Gasteiger partial charge in [0.1, 0.15) is 0 Å². The summed E-state index contributed by atoms with van der Waals surface area (Å²) >= 11 is 4.17. The lowest BCUT2D eigenvalue weighted by Crippen LogP contribution is -2.35. The molecule has 0 aliphatic carbocycles. The number of amides is 2. The number of rotatable bonds is 8. The summed E-state index contributed by atoms with van der Waals surface area (Å²) in [6.07, 6.45) is 0. The molecule has 23 heavy (non-hydrogen) atoms. The van der Waals surface area contributed by atoms with E-state index in [1.165, 1.54) is 34.9 Å². The first kappa shape index (κ1) is 20.2. The van der Waals surface area contributed by atoms with Crippen molar-refractivity contribution in [2.75, 3.05) is 0 Å². The minimum atomic E-state index is -0.232. The fourth-order valence-corrected chi connectivity index (χ4v) is 4.83. The molecule has 1 aromatic rings. The number of aromatic nitrogens is 2. The molecule has 0 bridgehead atoms. The van der Waals surface area contributed by atoms with Crippen molar-refractivity contribution in [3.8, 4) is 0 Å². The Morgan fingerprint density at radius 1 is 0.826 bits per heavy atom. The van der Waals surface area contributed by atoms with Crippen molar-refractivity contribution in [3.05, 3.63) is 0 Å². The molecule has 1 heterocycles. The topological polar surface area (TPSA) is 84.0 Å². The van der Waals surface area contributed by atoms with E-state index in [1.54, 1.807) is 0 Å². The number of nitrogens with zero attached hydrogens (tertiary/aromatic N) is 2.